The van der Waals surface area contributed by atoms with Crippen LogP contribution in [0.4, 0.5) is 22.0 Å². The number of carboxylic acids is 1. The number of benzene rings is 2. The molecule has 0 saturated carbocycles. The summed E-state index contributed by atoms with van der Waals surface area (Å²) in [6.45, 7) is 0.567. The van der Waals surface area contributed by atoms with E-state index in [0.29, 0.717) is 6.07 Å². The van der Waals surface area contributed by atoms with Crippen LogP contribution in [-0.2, 0) is 16.0 Å². The molecule has 0 unspecified atom stereocenters. The first-order chi connectivity index (χ1) is 15.8. The second-order valence-corrected chi connectivity index (χ2v) is 7.04. The van der Waals surface area contributed by atoms with Crippen molar-refractivity contribution in [2.24, 2.45) is 0 Å². The number of alkyl halides is 3. The van der Waals surface area contributed by atoms with Crippen molar-refractivity contribution in [3.8, 4) is 11.5 Å². The average molecular weight is 486 g/mol. The van der Waals surface area contributed by atoms with Crippen LogP contribution in [0.15, 0.2) is 30.3 Å². The van der Waals surface area contributed by atoms with E-state index in [0.717, 1.165) is 28.8 Å². The fourth-order valence-corrected chi connectivity index (χ4v) is 3.36. The second kappa shape index (κ2) is 9.00. The number of ether oxygens (including phenoxy) is 1. The number of rotatable bonds is 6. The molecule has 0 spiro atoms. The molecule has 1 amide bonds. The van der Waals surface area contributed by atoms with Crippen molar-refractivity contribution in [3.05, 3.63) is 58.8 Å². The molecule has 0 saturated heterocycles. The van der Waals surface area contributed by atoms with E-state index in [2.05, 4.69) is 10.1 Å². The van der Waals surface area contributed by atoms with Crippen LogP contribution in [0, 0.1) is 18.6 Å². The molecule has 0 aliphatic rings. The van der Waals surface area contributed by atoms with Gasteiger partial charge in [-0.15, -0.1) is 13.2 Å². The fraction of sp³-hybridized carbons (Fsp3) is 0.190. The van der Waals surface area contributed by atoms with Gasteiger partial charge in [0.15, 0.2) is 17.4 Å². The minimum Gasteiger partial charge on any atom is -0.503 e. The summed E-state index contributed by atoms with van der Waals surface area (Å²) < 4.78 is 70.5. The Kier molecular flexibility index (Phi) is 6.48. The van der Waals surface area contributed by atoms with Gasteiger partial charge in [0.1, 0.15) is 12.3 Å². The van der Waals surface area contributed by atoms with E-state index in [1.165, 1.54) is 6.92 Å². The van der Waals surface area contributed by atoms with Gasteiger partial charge in [0.25, 0.3) is 5.91 Å². The average Bonchev–Trinajstić information content (AvgIpc) is 3.00. The molecule has 3 aromatic rings. The lowest BCUT2D eigenvalue weighted by atomic mass is 10.1. The predicted molar refractivity (Wildman–Crippen MR) is 105 cm³/mol. The zero-order valence-electron chi connectivity index (χ0n) is 17.2. The van der Waals surface area contributed by atoms with Gasteiger partial charge in [-0.2, -0.15) is 0 Å². The van der Waals surface area contributed by atoms with Crippen LogP contribution in [-0.4, -0.2) is 45.5 Å². The summed E-state index contributed by atoms with van der Waals surface area (Å²) in [5.41, 5.74) is -0.696. The van der Waals surface area contributed by atoms with E-state index in [4.69, 9.17) is 5.11 Å². The van der Waals surface area contributed by atoms with E-state index >= 15 is 0 Å². The first kappa shape index (κ1) is 24.5. The number of nitrogens with one attached hydrogen (secondary N) is 1. The molecule has 3 N–H and O–H groups in total. The van der Waals surface area contributed by atoms with Crippen LogP contribution >= 0.6 is 0 Å². The number of aromatic hydroxyl groups is 1. The van der Waals surface area contributed by atoms with Crippen LogP contribution in [0.2, 0.25) is 0 Å². The third-order valence-electron chi connectivity index (χ3n) is 4.80. The molecular formula is C21H15F5N2O6. The highest BCUT2D eigenvalue weighted by molar-refractivity contribution is 6.05. The summed E-state index contributed by atoms with van der Waals surface area (Å²) in [5.74, 6) is -7.89. The number of halogens is 5. The van der Waals surface area contributed by atoms with E-state index in [-0.39, 0.29) is 22.3 Å². The molecule has 8 nitrogen and oxygen atoms in total. The first-order valence-electron chi connectivity index (χ1n) is 9.40. The molecule has 34 heavy (non-hydrogen) atoms. The molecule has 0 aliphatic carbocycles. The number of aliphatic carboxylic acids is 1. The quantitative estimate of drug-likeness (QED) is 0.461. The minimum absolute atomic E-state index is 0.0370. The molecular weight excluding hydrogens is 471 g/mol. The lowest BCUT2D eigenvalue weighted by molar-refractivity contribution is -0.274. The lowest BCUT2D eigenvalue weighted by Crippen LogP contribution is -2.30. The summed E-state index contributed by atoms with van der Waals surface area (Å²) in [4.78, 5) is 35.9. The number of hydrogen-bond donors (Lipinski definition) is 3. The number of carbonyl (C=O) groups excluding carboxylic acids is 2. The smallest absolute Gasteiger partial charge is 0.503 e. The molecule has 0 radical (unpaired) electrons. The van der Waals surface area contributed by atoms with Gasteiger partial charge in [0.05, 0.1) is 11.9 Å². The van der Waals surface area contributed by atoms with E-state index in [1.54, 1.807) is 0 Å². The number of aromatic nitrogens is 1. The number of phenols is 1. The summed E-state index contributed by atoms with van der Waals surface area (Å²) in [6.07, 6.45) is -5.57. The molecule has 180 valence electrons. The maximum atomic E-state index is 14.8. The van der Waals surface area contributed by atoms with Gasteiger partial charge >= 0.3 is 12.3 Å². The van der Waals surface area contributed by atoms with Crippen molar-refractivity contribution in [1.29, 1.82) is 0 Å². The Hall–Kier alpha value is -4.16. The van der Waals surface area contributed by atoms with Crippen molar-refractivity contribution in [2.75, 3.05) is 6.54 Å². The summed E-state index contributed by atoms with van der Waals surface area (Å²) >= 11 is 0. The molecule has 2 aromatic carbocycles. The number of phenolic OH excluding ortho intramolecular Hbond substituents is 1. The number of nitrogens with zero attached hydrogens (tertiary/aromatic N) is 1. The Bertz CT molecular complexity index is 1300. The summed E-state index contributed by atoms with van der Waals surface area (Å²) in [7, 11) is 0. The van der Waals surface area contributed by atoms with Gasteiger partial charge in [0.2, 0.25) is 5.91 Å². The van der Waals surface area contributed by atoms with Crippen molar-refractivity contribution < 1.29 is 51.3 Å². The van der Waals surface area contributed by atoms with Crippen molar-refractivity contribution in [3.63, 3.8) is 0 Å². The predicted octanol–water partition coefficient (Wildman–Crippen LogP) is 3.26. The molecule has 1 heterocycles. The maximum absolute atomic E-state index is 14.8. The highest BCUT2D eigenvalue weighted by atomic mass is 19.4. The highest BCUT2D eigenvalue weighted by Gasteiger charge is 2.31. The third kappa shape index (κ3) is 4.92. The van der Waals surface area contributed by atoms with Gasteiger partial charge in [0, 0.05) is 22.7 Å². The van der Waals surface area contributed by atoms with E-state index in [9.17, 15) is 41.4 Å². The fourth-order valence-electron chi connectivity index (χ4n) is 3.36. The van der Waals surface area contributed by atoms with E-state index < -0.39 is 65.6 Å². The summed E-state index contributed by atoms with van der Waals surface area (Å²) in [5, 5.41) is 20.0. The van der Waals surface area contributed by atoms with Gasteiger partial charge in [-0.1, -0.05) is 0 Å². The van der Waals surface area contributed by atoms with Gasteiger partial charge in [-0.3, -0.25) is 19.0 Å². The zero-order chi connectivity index (χ0) is 25.4. The largest absolute Gasteiger partial charge is 0.573 e. The Balaban J connectivity index is 2.10. The topological polar surface area (TPSA) is 118 Å². The molecule has 0 atom stereocenters. The highest BCUT2D eigenvalue weighted by Crippen LogP contribution is 2.35. The van der Waals surface area contributed by atoms with Crippen LogP contribution in [0.25, 0.3) is 10.9 Å². The van der Waals surface area contributed by atoms with Crippen LogP contribution in [0.1, 0.15) is 21.6 Å². The summed E-state index contributed by atoms with van der Waals surface area (Å²) in [6, 6.07) is 4.41. The number of amides is 1. The van der Waals surface area contributed by atoms with Crippen molar-refractivity contribution >= 4 is 28.7 Å². The van der Waals surface area contributed by atoms with Gasteiger partial charge < -0.3 is 20.3 Å². The molecule has 0 bridgehead atoms. The Morgan fingerprint density at radius 2 is 1.74 bits per heavy atom. The molecule has 0 fully saturated rings. The van der Waals surface area contributed by atoms with Crippen molar-refractivity contribution in [2.45, 2.75) is 19.7 Å². The monoisotopic (exact) mass is 486 g/mol. The Morgan fingerprint density at radius 1 is 1.12 bits per heavy atom. The minimum atomic E-state index is -4.95. The number of carboxylic acid groups (broad SMARTS) is 1. The van der Waals surface area contributed by atoms with Gasteiger partial charge in [-0.25, -0.2) is 8.78 Å². The second-order valence-electron chi connectivity index (χ2n) is 7.04. The van der Waals surface area contributed by atoms with Gasteiger partial charge in [-0.05, 0) is 36.8 Å². The standard InChI is InChI=1S/C21H15F5N2O6/c1-9-12(6-15(29)27-8-16(30)31)17-14(7-13(22)19(32)18(17)23)28(9)20(33)10-2-4-11(5-3-10)34-21(24,25)26/h2-5,7,32H,6,8H2,1H3,(H,27,29)(H,30,31). The normalized spacial score (nSPS) is 11.5. The lowest BCUT2D eigenvalue weighted by Gasteiger charge is -2.11. The molecule has 3 rings (SSSR count). The van der Waals surface area contributed by atoms with Crippen LogP contribution in [0.3, 0.4) is 0 Å². The first-order valence-corrected chi connectivity index (χ1v) is 9.40. The van der Waals surface area contributed by atoms with E-state index in [1.807, 2.05) is 0 Å². The molecule has 1 aromatic heterocycles. The number of hydrogen-bond acceptors (Lipinski definition) is 5. The SMILES string of the molecule is Cc1c(CC(=O)NCC(=O)O)c2c(F)c(O)c(F)cc2n1C(=O)c1ccc(OC(F)(F)F)cc1. The number of carbonyl (C=O) groups is 3. The molecule has 13 heteroatoms. The Labute approximate surface area is 187 Å². The third-order valence-corrected chi connectivity index (χ3v) is 4.80. The maximum Gasteiger partial charge on any atom is 0.573 e. The van der Waals surface area contributed by atoms with Crippen LogP contribution in [0.5, 0.6) is 11.5 Å². The zero-order valence-corrected chi connectivity index (χ0v) is 17.2. The Morgan fingerprint density at radius 3 is 2.29 bits per heavy atom. The number of fused-ring (bicyclic) bond motifs is 1. The van der Waals surface area contributed by atoms with Crippen LogP contribution < -0.4 is 10.1 Å². The molecule has 0 aliphatic heterocycles. The van der Waals surface area contributed by atoms with Crippen molar-refractivity contribution in [1.82, 2.24) is 9.88 Å².